The summed E-state index contributed by atoms with van der Waals surface area (Å²) >= 11 is 0. The zero-order chi connectivity index (χ0) is 20.2. The molecule has 1 fully saturated rings. The van der Waals surface area contributed by atoms with Gasteiger partial charge in [-0.15, -0.1) is 0 Å². The van der Waals surface area contributed by atoms with Crippen molar-refractivity contribution in [1.29, 1.82) is 0 Å². The maximum Gasteiger partial charge on any atom is 0.246 e. The van der Waals surface area contributed by atoms with Gasteiger partial charge in [0.15, 0.2) is 0 Å². The summed E-state index contributed by atoms with van der Waals surface area (Å²) in [4.78, 5) is 18.8. The Bertz CT molecular complexity index is 988. The van der Waals surface area contributed by atoms with Gasteiger partial charge in [-0.2, -0.15) is 5.10 Å². The fourth-order valence-electron chi connectivity index (χ4n) is 3.57. The van der Waals surface area contributed by atoms with Gasteiger partial charge in [-0.1, -0.05) is 18.2 Å². The molecule has 4 rings (SSSR count). The van der Waals surface area contributed by atoms with E-state index in [-0.39, 0.29) is 18.1 Å². The molecule has 1 aromatic carbocycles. The highest BCUT2D eigenvalue weighted by atomic mass is 16.5. The van der Waals surface area contributed by atoms with E-state index in [2.05, 4.69) is 4.98 Å². The minimum Gasteiger partial charge on any atom is -0.372 e. The number of hydrogen-bond acceptors (Lipinski definition) is 4. The molecule has 6 heteroatoms. The van der Waals surface area contributed by atoms with E-state index in [1.54, 1.807) is 18.5 Å². The normalized spacial score (nSPS) is 19.6. The number of carbonyl (C=O) groups is 1. The van der Waals surface area contributed by atoms with Crippen molar-refractivity contribution in [2.24, 2.45) is 0 Å². The highest BCUT2D eigenvalue weighted by molar-refractivity contribution is 5.93. The summed E-state index contributed by atoms with van der Waals surface area (Å²) in [5.41, 5.74) is 3.52. The van der Waals surface area contributed by atoms with Crippen molar-refractivity contribution in [2.45, 2.75) is 26.1 Å². The highest BCUT2D eigenvalue weighted by Gasteiger charge is 2.24. The topological polar surface area (TPSA) is 60.2 Å². The maximum atomic E-state index is 12.7. The molecule has 148 valence electrons. The zero-order valence-corrected chi connectivity index (χ0v) is 16.6. The number of carbonyl (C=O) groups excluding carboxylic acids is 1. The Morgan fingerprint density at radius 1 is 1.10 bits per heavy atom. The summed E-state index contributed by atoms with van der Waals surface area (Å²) in [6.07, 6.45) is 9.00. The van der Waals surface area contributed by atoms with Crippen LogP contribution in [-0.2, 0) is 9.53 Å². The van der Waals surface area contributed by atoms with Gasteiger partial charge in [0, 0.05) is 48.9 Å². The van der Waals surface area contributed by atoms with Crippen LogP contribution in [0.2, 0.25) is 0 Å². The van der Waals surface area contributed by atoms with E-state index in [1.165, 1.54) is 0 Å². The first-order valence-corrected chi connectivity index (χ1v) is 9.78. The summed E-state index contributed by atoms with van der Waals surface area (Å²) in [5, 5.41) is 4.75. The van der Waals surface area contributed by atoms with Gasteiger partial charge < -0.3 is 9.64 Å². The SMILES string of the molecule is CC1CN(C(=O)/C=C/c2cn(-c3ccccc3)nc2-c2cccnc2)CC(C)O1. The summed E-state index contributed by atoms with van der Waals surface area (Å²) in [5.74, 6) is -0.0170. The first-order valence-electron chi connectivity index (χ1n) is 9.78. The second-order valence-corrected chi connectivity index (χ2v) is 7.29. The van der Waals surface area contributed by atoms with Crippen LogP contribution in [0.3, 0.4) is 0 Å². The summed E-state index contributed by atoms with van der Waals surface area (Å²) in [6, 6.07) is 13.8. The zero-order valence-electron chi connectivity index (χ0n) is 16.6. The minimum absolute atomic E-state index is 0.0170. The Hall–Kier alpha value is -3.25. The number of hydrogen-bond donors (Lipinski definition) is 0. The largest absolute Gasteiger partial charge is 0.372 e. The second kappa shape index (κ2) is 8.41. The van der Waals surface area contributed by atoms with Crippen molar-refractivity contribution >= 4 is 12.0 Å². The number of morpholine rings is 1. The predicted octanol–water partition coefficient (Wildman–Crippen LogP) is 3.58. The molecule has 0 saturated carbocycles. The molecule has 1 aliphatic heterocycles. The third-order valence-corrected chi connectivity index (χ3v) is 4.84. The van der Waals surface area contributed by atoms with Gasteiger partial charge in [0.2, 0.25) is 5.91 Å². The first kappa shape index (κ1) is 19.1. The maximum absolute atomic E-state index is 12.7. The lowest BCUT2D eigenvalue weighted by Gasteiger charge is -2.34. The number of benzene rings is 1. The molecule has 1 saturated heterocycles. The van der Waals surface area contributed by atoms with Crippen molar-refractivity contribution < 1.29 is 9.53 Å². The van der Waals surface area contributed by atoms with Crippen molar-refractivity contribution in [2.75, 3.05) is 13.1 Å². The summed E-state index contributed by atoms with van der Waals surface area (Å²) in [6.45, 7) is 5.19. The molecular formula is C23H24N4O2. The van der Waals surface area contributed by atoms with Crippen LogP contribution >= 0.6 is 0 Å². The average molecular weight is 388 g/mol. The number of aromatic nitrogens is 3. The number of para-hydroxylation sites is 1. The molecule has 0 N–H and O–H groups in total. The quantitative estimate of drug-likeness (QED) is 0.641. The number of pyridine rings is 1. The Morgan fingerprint density at radius 3 is 2.55 bits per heavy atom. The Labute approximate surface area is 170 Å². The Balaban J connectivity index is 1.64. The van der Waals surface area contributed by atoms with E-state index in [1.807, 2.05) is 78.2 Å². The van der Waals surface area contributed by atoms with Gasteiger partial charge in [-0.25, -0.2) is 4.68 Å². The van der Waals surface area contributed by atoms with Crippen LogP contribution in [0.25, 0.3) is 23.0 Å². The van der Waals surface area contributed by atoms with E-state index in [4.69, 9.17) is 9.84 Å². The molecule has 2 unspecified atom stereocenters. The summed E-state index contributed by atoms with van der Waals surface area (Å²) in [7, 11) is 0. The van der Waals surface area contributed by atoms with Gasteiger partial charge in [0.05, 0.1) is 17.9 Å². The molecule has 0 bridgehead atoms. The second-order valence-electron chi connectivity index (χ2n) is 7.29. The highest BCUT2D eigenvalue weighted by Crippen LogP contribution is 2.24. The van der Waals surface area contributed by atoms with Crippen LogP contribution in [0.1, 0.15) is 19.4 Å². The standard InChI is InChI=1S/C23H24N4O2/c1-17-14-26(15-18(2)29-17)22(28)11-10-20-16-27(21-8-4-3-5-9-21)25-23(20)19-7-6-12-24-13-19/h3-13,16-18H,14-15H2,1-2H3/b11-10+. The minimum atomic E-state index is -0.0170. The smallest absolute Gasteiger partial charge is 0.246 e. The van der Waals surface area contributed by atoms with Gasteiger partial charge >= 0.3 is 0 Å². The lowest BCUT2D eigenvalue weighted by Crippen LogP contribution is -2.47. The van der Waals surface area contributed by atoms with E-state index in [0.717, 1.165) is 22.5 Å². The monoisotopic (exact) mass is 388 g/mol. The Morgan fingerprint density at radius 2 is 1.86 bits per heavy atom. The third kappa shape index (κ3) is 4.43. The fraction of sp³-hybridized carbons (Fsp3) is 0.261. The lowest BCUT2D eigenvalue weighted by atomic mass is 10.1. The average Bonchev–Trinajstić information content (AvgIpc) is 3.17. The van der Waals surface area contributed by atoms with Crippen LogP contribution in [0.15, 0.2) is 67.1 Å². The molecule has 1 aliphatic rings. The van der Waals surface area contributed by atoms with Crippen molar-refractivity contribution in [3.8, 4) is 16.9 Å². The van der Waals surface area contributed by atoms with E-state index >= 15 is 0 Å². The van der Waals surface area contributed by atoms with Crippen LogP contribution in [-0.4, -0.2) is 50.9 Å². The van der Waals surface area contributed by atoms with Crippen molar-refractivity contribution in [3.63, 3.8) is 0 Å². The van der Waals surface area contributed by atoms with Gasteiger partial charge in [-0.3, -0.25) is 9.78 Å². The fourth-order valence-corrected chi connectivity index (χ4v) is 3.57. The van der Waals surface area contributed by atoms with Crippen LogP contribution < -0.4 is 0 Å². The van der Waals surface area contributed by atoms with Crippen LogP contribution in [0.4, 0.5) is 0 Å². The molecule has 6 nitrogen and oxygen atoms in total. The van der Waals surface area contributed by atoms with Crippen LogP contribution in [0.5, 0.6) is 0 Å². The first-order chi connectivity index (χ1) is 14.1. The Kier molecular flexibility index (Phi) is 5.53. The van der Waals surface area contributed by atoms with Gasteiger partial charge in [-0.05, 0) is 44.2 Å². The molecule has 0 spiro atoms. The number of rotatable bonds is 4. The number of nitrogens with zero attached hydrogens (tertiary/aromatic N) is 4. The van der Waals surface area contributed by atoms with Crippen LogP contribution in [0, 0.1) is 0 Å². The third-order valence-electron chi connectivity index (χ3n) is 4.84. The lowest BCUT2D eigenvalue weighted by molar-refractivity contribution is -0.137. The molecule has 0 radical (unpaired) electrons. The van der Waals surface area contributed by atoms with Crippen molar-refractivity contribution in [1.82, 2.24) is 19.7 Å². The molecule has 1 amide bonds. The molecule has 3 aromatic rings. The molecule has 29 heavy (non-hydrogen) atoms. The van der Waals surface area contributed by atoms with Gasteiger partial charge in [0.25, 0.3) is 0 Å². The molecule has 0 aliphatic carbocycles. The van der Waals surface area contributed by atoms with Crippen molar-refractivity contribution in [3.05, 3.63) is 72.7 Å². The molecule has 2 aromatic heterocycles. The number of ether oxygens (including phenoxy) is 1. The molecular weight excluding hydrogens is 364 g/mol. The van der Waals surface area contributed by atoms with E-state index < -0.39 is 0 Å². The molecule has 2 atom stereocenters. The predicted molar refractivity (Wildman–Crippen MR) is 112 cm³/mol. The molecule has 3 heterocycles. The van der Waals surface area contributed by atoms with E-state index in [9.17, 15) is 4.79 Å². The van der Waals surface area contributed by atoms with Gasteiger partial charge in [0.1, 0.15) is 5.69 Å². The number of amides is 1. The summed E-state index contributed by atoms with van der Waals surface area (Å²) < 4.78 is 7.55. The van der Waals surface area contributed by atoms with E-state index in [0.29, 0.717) is 13.1 Å².